The summed E-state index contributed by atoms with van der Waals surface area (Å²) in [6.45, 7) is 0.103. The van der Waals surface area contributed by atoms with Crippen LogP contribution in [0.15, 0.2) is 48.5 Å². The summed E-state index contributed by atoms with van der Waals surface area (Å²) in [6, 6.07) is 16.7. The van der Waals surface area contributed by atoms with Gasteiger partial charge in [-0.1, -0.05) is 48.5 Å². The van der Waals surface area contributed by atoms with Crippen molar-refractivity contribution in [2.24, 2.45) is 5.73 Å². The Morgan fingerprint density at radius 3 is 1.71 bits per heavy atom. The van der Waals surface area contributed by atoms with Gasteiger partial charge >= 0.3 is 7.82 Å². The topological polar surface area (TPSA) is 92.8 Å². The first kappa shape index (κ1) is 20.1. The zero-order valence-corrected chi connectivity index (χ0v) is 13.9. The molecule has 2 rings (SSSR count). The number of nitrogens with two attached hydrogens (primary N) is 1. The Kier molecular flexibility index (Phi) is 11.3. The molecule has 0 aliphatic heterocycles. The van der Waals surface area contributed by atoms with Crippen molar-refractivity contribution in [1.82, 2.24) is 0 Å². The van der Waals surface area contributed by atoms with Crippen LogP contribution in [-0.4, -0.2) is 35.4 Å². The Bertz CT molecular complexity index is 482. The Hall–Kier alpha value is -0.880. The van der Waals surface area contributed by atoms with Crippen LogP contribution in [0.2, 0.25) is 0 Å². The van der Waals surface area contributed by atoms with E-state index >= 15 is 0 Å². The molecule has 0 unspecified atom stereocenters. The molecule has 0 aliphatic rings. The van der Waals surface area contributed by atoms with Crippen LogP contribution in [-0.2, 0) is 9.09 Å². The highest BCUT2D eigenvalue weighted by Crippen LogP contribution is 2.35. The molecule has 0 heterocycles. The molecule has 0 bridgehead atoms. The number of thioether (sulfide) groups is 1. The maximum atomic E-state index is 9.97. The van der Waals surface area contributed by atoms with Crippen molar-refractivity contribution in [2.75, 3.05) is 25.7 Å². The third-order valence-corrected chi connectivity index (χ3v) is 3.30. The van der Waals surface area contributed by atoms with Gasteiger partial charge in [0.2, 0.25) is 0 Å². The minimum Gasteiger partial charge on any atom is -0.333 e. The van der Waals surface area contributed by atoms with Gasteiger partial charge in [0.25, 0.3) is 0 Å². The zero-order valence-electron chi connectivity index (χ0n) is 12.2. The first-order valence-corrected chi connectivity index (χ1v) is 9.16. The molecular formula is C14H22NO4PS. The van der Waals surface area contributed by atoms with E-state index in [1.54, 1.807) is 0 Å². The normalized spacial score (nSPS) is 10.1. The highest BCUT2D eigenvalue weighted by molar-refractivity contribution is 7.98. The van der Waals surface area contributed by atoms with Crippen molar-refractivity contribution < 1.29 is 18.9 Å². The Labute approximate surface area is 129 Å². The summed E-state index contributed by atoms with van der Waals surface area (Å²) in [5.74, 6) is 0.602. The summed E-state index contributed by atoms with van der Waals surface area (Å²) in [4.78, 5) is 16.2. The van der Waals surface area contributed by atoms with Crippen LogP contribution in [0, 0.1) is 0 Å². The molecule has 7 heteroatoms. The van der Waals surface area contributed by atoms with Crippen molar-refractivity contribution >= 4 is 30.4 Å². The highest BCUT2D eigenvalue weighted by Gasteiger charge is 2.11. The molecule has 2 aromatic rings. The molecule has 0 fully saturated rings. The van der Waals surface area contributed by atoms with Gasteiger partial charge in [0.05, 0.1) is 6.61 Å². The molecule has 0 spiro atoms. The van der Waals surface area contributed by atoms with E-state index in [0.717, 1.165) is 0 Å². The summed E-state index contributed by atoms with van der Waals surface area (Å²) in [7, 11) is -2.71. The summed E-state index contributed by atoms with van der Waals surface area (Å²) in [6.07, 6.45) is 1.84. The lowest BCUT2D eigenvalue weighted by molar-refractivity contribution is 0.208. The number of rotatable bonds is 4. The molecule has 5 nitrogen and oxygen atoms in total. The second kappa shape index (κ2) is 11.7. The van der Waals surface area contributed by atoms with Crippen LogP contribution in [0.25, 0.3) is 10.8 Å². The summed E-state index contributed by atoms with van der Waals surface area (Å²) >= 11 is 1.47. The largest absolute Gasteiger partial charge is 0.469 e. The van der Waals surface area contributed by atoms with Crippen molar-refractivity contribution in [3.63, 3.8) is 0 Å². The maximum absolute atomic E-state index is 9.97. The average Bonchev–Trinajstić information content (AvgIpc) is 2.49. The summed E-state index contributed by atoms with van der Waals surface area (Å²) in [5, 5.41) is 2.62. The molecule has 0 aliphatic carbocycles. The lowest BCUT2D eigenvalue weighted by atomic mass is 10.1. The van der Waals surface area contributed by atoms with E-state index in [9.17, 15) is 4.57 Å². The molecule has 0 atom stereocenters. The lowest BCUT2D eigenvalue weighted by Gasteiger charge is -2.01. The quantitative estimate of drug-likeness (QED) is 0.589. The van der Waals surface area contributed by atoms with E-state index < -0.39 is 7.82 Å². The van der Waals surface area contributed by atoms with Crippen molar-refractivity contribution in [3.8, 4) is 0 Å². The molecular weight excluding hydrogens is 309 g/mol. The van der Waals surface area contributed by atoms with Gasteiger partial charge in [-0.2, -0.15) is 11.8 Å². The molecule has 118 valence electrons. The third-order valence-electron chi connectivity index (χ3n) is 2.21. The first-order chi connectivity index (χ1) is 10.0. The monoisotopic (exact) mass is 331 g/mol. The fourth-order valence-corrected chi connectivity index (χ4v) is 2.08. The van der Waals surface area contributed by atoms with E-state index in [0.29, 0.717) is 5.75 Å². The van der Waals surface area contributed by atoms with Gasteiger partial charge in [0.15, 0.2) is 0 Å². The Balaban J connectivity index is 0.000000344. The van der Waals surface area contributed by atoms with E-state index in [2.05, 4.69) is 58.8 Å². The zero-order chi connectivity index (χ0) is 16.1. The number of hydrogen-bond acceptors (Lipinski definition) is 4. The van der Waals surface area contributed by atoms with Gasteiger partial charge in [-0.25, -0.2) is 4.57 Å². The first-order valence-electron chi connectivity index (χ1n) is 6.23. The van der Waals surface area contributed by atoms with Crippen LogP contribution in [0.1, 0.15) is 0 Å². The Morgan fingerprint density at radius 2 is 1.43 bits per heavy atom. The molecule has 0 aromatic heterocycles. The van der Waals surface area contributed by atoms with Gasteiger partial charge in [0.1, 0.15) is 0 Å². The number of phosphoric ester groups is 1. The van der Waals surface area contributed by atoms with Gasteiger partial charge in [-0.15, -0.1) is 0 Å². The third kappa shape index (κ3) is 10.5. The van der Waals surface area contributed by atoms with E-state index in [1.807, 2.05) is 6.26 Å². The highest BCUT2D eigenvalue weighted by atomic mass is 32.2. The molecule has 0 radical (unpaired) electrons. The van der Waals surface area contributed by atoms with Gasteiger partial charge in [-0.3, -0.25) is 4.52 Å². The number of hydrogen-bond donors (Lipinski definition) is 3. The van der Waals surface area contributed by atoms with Crippen LogP contribution >= 0.6 is 19.6 Å². The van der Waals surface area contributed by atoms with Crippen molar-refractivity contribution in [2.45, 2.75) is 0 Å². The molecule has 4 N–H and O–H groups in total. The van der Waals surface area contributed by atoms with E-state index in [4.69, 9.17) is 9.79 Å². The number of phosphoric acid groups is 1. The fourth-order valence-electron chi connectivity index (χ4n) is 1.37. The molecule has 0 saturated carbocycles. The maximum Gasteiger partial charge on any atom is 0.469 e. The van der Waals surface area contributed by atoms with Crippen LogP contribution in [0.3, 0.4) is 0 Å². The second-order valence-corrected chi connectivity index (χ2v) is 5.89. The predicted molar refractivity (Wildman–Crippen MR) is 90.4 cm³/mol. The minimum absolute atomic E-state index is 0.103. The van der Waals surface area contributed by atoms with Crippen LogP contribution in [0.5, 0.6) is 0 Å². The van der Waals surface area contributed by atoms with Crippen molar-refractivity contribution in [3.05, 3.63) is 48.5 Å². The fraction of sp³-hybridized carbons (Fsp3) is 0.286. The van der Waals surface area contributed by atoms with Crippen LogP contribution < -0.4 is 5.73 Å². The Morgan fingerprint density at radius 1 is 1.05 bits per heavy atom. The summed E-state index contributed by atoms with van der Waals surface area (Å²) in [5.41, 5.74) is 4.50. The predicted octanol–water partition coefficient (Wildman–Crippen LogP) is 2.87. The molecule has 21 heavy (non-hydrogen) atoms. The van der Waals surface area contributed by atoms with Crippen LogP contribution in [0.4, 0.5) is 0 Å². The minimum atomic E-state index is -4.21. The number of benzene rings is 2. The SMILES string of the molecule is CN.CSCCOP(=O)(O)O.c1ccc2ccccc2c1. The standard InChI is InChI=1S/C10H8.C3H9O4PS.CH5N/c1-2-6-10-8-4-3-7-9(10)5-1;1-9-3-2-7-8(4,5)6;1-2/h1-8H;2-3H2,1H3,(H2,4,5,6);2H2,1H3. The lowest BCUT2D eigenvalue weighted by Crippen LogP contribution is -1.93. The molecule has 0 amide bonds. The van der Waals surface area contributed by atoms with Crippen molar-refractivity contribution in [1.29, 1.82) is 0 Å². The van der Waals surface area contributed by atoms with Gasteiger partial charge in [0, 0.05) is 5.75 Å². The van der Waals surface area contributed by atoms with E-state index in [1.165, 1.54) is 29.6 Å². The molecule has 0 saturated heterocycles. The molecule has 2 aromatic carbocycles. The number of fused-ring (bicyclic) bond motifs is 1. The summed E-state index contributed by atoms with van der Waals surface area (Å²) < 4.78 is 14.1. The van der Waals surface area contributed by atoms with Gasteiger partial charge in [-0.05, 0) is 24.1 Å². The smallest absolute Gasteiger partial charge is 0.333 e. The second-order valence-electron chi connectivity index (χ2n) is 3.66. The average molecular weight is 331 g/mol. The van der Waals surface area contributed by atoms with Gasteiger partial charge < -0.3 is 15.5 Å². The van der Waals surface area contributed by atoms with E-state index in [-0.39, 0.29) is 6.61 Å².